The summed E-state index contributed by atoms with van der Waals surface area (Å²) in [5, 5.41) is 0. The van der Waals surface area contributed by atoms with E-state index in [9.17, 15) is 0 Å². The van der Waals surface area contributed by atoms with E-state index in [-0.39, 0.29) is 22.5 Å². The Morgan fingerprint density at radius 3 is 1.58 bits per heavy atom. The van der Waals surface area contributed by atoms with Crippen LogP contribution in [0, 0.1) is 0 Å². The first kappa shape index (κ1) is 22.4. The van der Waals surface area contributed by atoms with Crippen molar-refractivity contribution in [2.24, 2.45) is 0 Å². The first-order chi connectivity index (χ1) is 3.93. The quantitative estimate of drug-likeness (QED) is 0.597. The van der Waals surface area contributed by atoms with Gasteiger partial charge in [-0.05, 0) is 12.1 Å². The van der Waals surface area contributed by atoms with Crippen LogP contribution in [0.3, 0.4) is 0 Å². The number of rotatable bonds is 1. The Morgan fingerprint density at radius 1 is 0.917 bits per heavy atom. The molecule has 1 rings (SSSR count). The largest absolute Gasteiger partial charge is 0.497 e. The third-order valence-corrected chi connectivity index (χ3v) is 0.979. The van der Waals surface area contributed by atoms with E-state index in [0.717, 1.165) is 5.75 Å². The Balaban J connectivity index is -0.0000000800. The topological polar surface area (TPSA) is 9.23 Å². The summed E-state index contributed by atoms with van der Waals surface area (Å²) in [5.74, 6) is 0.910. The van der Waals surface area contributed by atoms with E-state index >= 15 is 0 Å². The van der Waals surface area contributed by atoms with E-state index in [2.05, 4.69) is 0 Å². The molecule has 0 saturated heterocycles. The minimum atomic E-state index is 0. The standard InChI is InChI=1S/C7H8O.B.3FH/c1-8-7-5-3-2-4-6-7;;;;/h2-6H,1H3;;3*1H. The van der Waals surface area contributed by atoms with Crippen molar-refractivity contribution in [2.75, 3.05) is 7.11 Å². The second-order valence-corrected chi connectivity index (χ2v) is 1.52. The van der Waals surface area contributed by atoms with E-state index in [4.69, 9.17) is 4.74 Å². The van der Waals surface area contributed by atoms with Crippen LogP contribution >= 0.6 is 0 Å². The van der Waals surface area contributed by atoms with Crippen LogP contribution < -0.4 is 4.74 Å². The van der Waals surface area contributed by atoms with Gasteiger partial charge in [-0.25, -0.2) is 0 Å². The normalized spacial score (nSPS) is 5.75. The van der Waals surface area contributed by atoms with Crippen molar-refractivity contribution in [3.05, 3.63) is 30.3 Å². The molecule has 0 aromatic heterocycles. The van der Waals surface area contributed by atoms with Gasteiger partial charge in [-0.3, -0.25) is 14.1 Å². The Kier molecular flexibility index (Phi) is 23.5. The summed E-state index contributed by atoms with van der Waals surface area (Å²) in [5.41, 5.74) is 0. The molecule has 0 spiro atoms. The van der Waals surface area contributed by atoms with Gasteiger partial charge in [-0.15, -0.1) is 0 Å². The molecule has 1 aromatic rings. The lowest BCUT2D eigenvalue weighted by Crippen LogP contribution is -1.78. The fraction of sp³-hybridized carbons (Fsp3) is 0.143. The molecule has 0 heterocycles. The summed E-state index contributed by atoms with van der Waals surface area (Å²) in [6, 6.07) is 9.68. The Labute approximate surface area is 71.4 Å². The molecule has 69 valence electrons. The van der Waals surface area contributed by atoms with Crippen molar-refractivity contribution < 1.29 is 18.9 Å². The van der Waals surface area contributed by atoms with Crippen LogP contribution in [0.1, 0.15) is 0 Å². The third kappa shape index (κ3) is 6.99. The van der Waals surface area contributed by atoms with Gasteiger partial charge in [0.05, 0.1) is 7.11 Å². The molecule has 1 aromatic carbocycles. The van der Waals surface area contributed by atoms with Gasteiger partial charge in [0.15, 0.2) is 0 Å². The summed E-state index contributed by atoms with van der Waals surface area (Å²) in [4.78, 5) is 0. The lowest BCUT2D eigenvalue weighted by atomic mass is 10.3. The molecule has 3 radical (unpaired) electrons. The van der Waals surface area contributed by atoms with E-state index < -0.39 is 0 Å². The molecule has 0 aliphatic carbocycles. The number of hydrogen-bond acceptors (Lipinski definition) is 1. The smallest absolute Gasteiger partial charge is 0.118 e. The average Bonchev–Trinajstić information content (AvgIpc) is 1.90. The first-order valence-corrected chi connectivity index (χ1v) is 2.52. The van der Waals surface area contributed by atoms with Gasteiger partial charge < -0.3 is 4.74 Å². The van der Waals surface area contributed by atoms with Crippen molar-refractivity contribution in [1.82, 2.24) is 0 Å². The van der Waals surface area contributed by atoms with Crippen LogP contribution in [0.4, 0.5) is 14.1 Å². The average molecular weight is 179 g/mol. The van der Waals surface area contributed by atoms with Gasteiger partial charge in [0.1, 0.15) is 5.75 Å². The van der Waals surface area contributed by atoms with Crippen LogP contribution in [0.25, 0.3) is 0 Å². The number of hydrogen-bond donors (Lipinski definition) is 0. The highest BCUT2D eigenvalue weighted by Gasteiger charge is 1.80. The summed E-state index contributed by atoms with van der Waals surface area (Å²) in [6.45, 7) is 0. The van der Waals surface area contributed by atoms with Gasteiger partial charge in [-0.2, -0.15) is 0 Å². The highest BCUT2D eigenvalue weighted by Crippen LogP contribution is 2.05. The maximum absolute atomic E-state index is 4.91. The molecule has 0 aliphatic rings. The molecule has 5 heteroatoms. The number of para-hydroxylation sites is 1. The molecule has 0 amide bonds. The second kappa shape index (κ2) is 12.5. The van der Waals surface area contributed by atoms with E-state index in [0.29, 0.717) is 0 Å². The predicted molar refractivity (Wildman–Crippen MR) is 46.3 cm³/mol. The zero-order chi connectivity index (χ0) is 5.82. The van der Waals surface area contributed by atoms with Crippen molar-refractivity contribution in [3.8, 4) is 5.75 Å². The Bertz CT molecular complexity index is 160. The molecular formula is C7H11BF3O. The fourth-order valence-corrected chi connectivity index (χ4v) is 0.557. The number of benzene rings is 1. The van der Waals surface area contributed by atoms with Crippen LogP contribution in [0.5, 0.6) is 5.75 Å². The highest BCUT2D eigenvalue weighted by atomic mass is 19.0. The highest BCUT2D eigenvalue weighted by molar-refractivity contribution is 5.75. The van der Waals surface area contributed by atoms with Crippen molar-refractivity contribution >= 4 is 8.41 Å². The SMILES string of the molecule is COc1ccccc1.F.F.F.[B]. The summed E-state index contributed by atoms with van der Waals surface area (Å²) in [6.07, 6.45) is 0. The Morgan fingerprint density at radius 2 is 1.33 bits per heavy atom. The lowest BCUT2D eigenvalue weighted by molar-refractivity contribution is 0.415. The molecule has 0 N–H and O–H groups in total. The third-order valence-electron chi connectivity index (χ3n) is 0.979. The number of ether oxygens (including phenoxy) is 1. The predicted octanol–water partition coefficient (Wildman–Crippen LogP) is 1.77. The van der Waals surface area contributed by atoms with E-state index in [1.54, 1.807) is 7.11 Å². The number of halogens is 3. The van der Waals surface area contributed by atoms with E-state index in [1.165, 1.54) is 0 Å². The van der Waals surface area contributed by atoms with Crippen molar-refractivity contribution in [3.63, 3.8) is 0 Å². The van der Waals surface area contributed by atoms with Gasteiger partial charge in [0.25, 0.3) is 0 Å². The molecule has 0 unspecified atom stereocenters. The summed E-state index contributed by atoms with van der Waals surface area (Å²) >= 11 is 0. The monoisotopic (exact) mass is 179 g/mol. The fourth-order valence-electron chi connectivity index (χ4n) is 0.557. The first-order valence-electron chi connectivity index (χ1n) is 2.52. The van der Waals surface area contributed by atoms with E-state index in [1.807, 2.05) is 30.3 Å². The van der Waals surface area contributed by atoms with Gasteiger partial charge in [-0.1, -0.05) is 18.2 Å². The number of methoxy groups -OCH3 is 1. The zero-order valence-electron chi connectivity index (χ0n) is 6.60. The lowest BCUT2D eigenvalue weighted by Gasteiger charge is -1.93. The molecular weight excluding hydrogens is 168 g/mol. The Hall–Kier alpha value is -1.13. The maximum atomic E-state index is 4.91. The summed E-state index contributed by atoms with van der Waals surface area (Å²) in [7, 11) is 1.66. The molecule has 0 bridgehead atoms. The van der Waals surface area contributed by atoms with Gasteiger partial charge in [0.2, 0.25) is 0 Å². The maximum Gasteiger partial charge on any atom is 0.118 e. The van der Waals surface area contributed by atoms with Crippen molar-refractivity contribution in [2.45, 2.75) is 0 Å². The summed E-state index contributed by atoms with van der Waals surface area (Å²) < 4.78 is 4.91. The molecule has 0 fully saturated rings. The van der Waals surface area contributed by atoms with Crippen LogP contribution in [-0.2, 0) is 0 Å². The van der Waals surface area contributed by atoms with Gasteiger partial charge in [0, 0.05) is 8.41 Å². The second-order valence-electron chi connectivity index (χ2n) is 1.52. The van der Waals surface area contributed by atoms with Gasteiger partial charge >= 0.3 is 0 Å². The molecule has 0 atom stereocenters. The van der Waals surface area contributed by atoms with Crippen molar-refractivity contribution in [1.29, 1.82) is 0 Å². The molecule has 1 nitrogen and oxygen atoms in total. The van der Waals surface area contributed by atoms with Crippen LogP contribution in [-0.4, -0.2) is 15.5 Å². The minimum Gasteiger partial charge on any atom is -0.497 e. The minimum absolute atomic E-state index is 0. The van der Waals surface area contributed by atoms with Crippen LogP contribution in [0.2, 0.25) is 0 Å². The zero-order valence-corrected chi connectivity index (χ0v) is 6.60. The molecule has 0 saturated carbocycles. The van der Waals surface area contributed by atoms with Crippen LogP contribution in [0.15, 0.2) is 30.3 Å². The molecule has 12 heavy (non-hydrogen) atoms. The molecule has 0 aliphatic heterocycles.